The summed E-state index contributed by atoms with van der Waals surface area (Å²) in [5, 5.41) is 0.997. The van der Waals surface area contributed by atoms with Gasteiger partial charge in [-0.1, -0.05) is 30.3 Å². The van der Waals surface area contributed by atoms with Gasteiger partial charge in [0.15, 0.2) is 0 Å². The van der Waals surface area contributed by atoms with Crippen molar-refractivity contribution in [1.29, 1.82) is 0 Å². The van der Waals surface area contributed by atoms with Crippen LogP contribution in [0.15, 0.2) is 61.1 Å². The first-order valence-electron chi connectivity index (χ1n) is 8.69. The number of carbonyl (C=O) groups excluding carboxylic acids is 2. The number of rotatable bonds is 4. The molecular formula is C20H19N5O2. The molecule has 0 aliphatic carbocycles. The summed E-state index contributed by atoms with van der Waals surface area (Å²) in [5.41, 5.74) is 8.53. The number of fused-ring (bicyclic) bond motifs is 2. The molecule has 4 rings (SSSR count). The lowest BCUT2D eigenvalue weighted by atomic mass is 10.1. The maximum atomic E-state index is 12.4. The van der Waals surface area contributed by atoms with Gasteiger partial charge in [0.2, 0.25) is 5.91 Å². The van der Waals surface area contributed by atoms with Crippen LogP contribution in [-0.2, 0) is 16.0 Å². The zero-order valence-electron chi connectivity index (χ0n) is 14.8. The summed E-state index contributed by atoms with van der Waals surface area (Å²) in [4.78, 5) is 32.1. The van der Waals surface area contributed by atoms with Crippen molar-refractivity contribution in [3.8, 4) is 0 Å². The molecule has 0 aliphatic rings. The predicted molar refractivity (Wildman–Crippen MR) is 103 cm³/mol. The fourth-order valence-electron chi connectivity index (χ4n) is 3.14. The van der Waals surface area contributed by atoms with Gasteiger partial charge >= 0.3 is 0 Å². The third-order valence-corrected chi connectivity index (χ3v) is 4.63. The van der Waals surface area contributed by atoms with Gasteiger partial charge < -0.3 is 9.55 Å². The second kappa shape index (κ2) is 6.95. The van der Waals surface area contributed by atoms with Crippen molar-refractivity contribution in [3.05, 3.63) is 66.6 Å². The van der Waals surface area contributed by atoms with E-state index in [1.54, 1.807) is 17.8 Å². The van der Waals surface area contributed by atoms with Crippen LogP contribution in [0.4, 0.5) is 0 Å². The third-order valence-electron chi connectivity index (χ3n) is 4.63. The molecule has 136 valence electrons. The average Bonchev–Trinajstić information content (AvgIpc) is 3.30. The molecule has 1 atom stereocenters. The molecule has 2 aromatic heterocycles. The number of nitrogens with one attached hydrogen (secondary N) is 3. The molecule has 0 fully saturated rings. The third kappa shape index (κ3) is 3.27. The van der Waals surface area contributed by atoms with E-state index in [4.69, 9.17) is 0 Å². The Morgan fingerprint density at radius 2 is 1.89 bits per heavy atom. The van der Waals surface area contributed by atoms with E-state index in [0.717, 1.165) is 27.5 Å². The van der Waals surface area contributed by atoms with Crippen LogP contribution in [0.2, 0.25) is 0 Å². The normalized spacial score (nSPS) is 12.2. The van der Waals surface area contributed by atoms with Crippen LogP contribution < -0.4 is 10.9 Å². The Balaban J connectivity index is 1.39. The summed E-state index contributed by atoms with van der Waals surface area (Å²) in [6.07, 6.45) is 3.61. The van der Waals surface area contributed by atoms with Gasteiger partial charge in [0, 0.05) is 17.1 Å². The fourth-order valence-corrected chi connectivity index (χ4v) is 3.14. The van der Waals surface area contributed by atoms with Gasteiger partial charge in [-0.05, 0) is 30.7 Å². The molecule has 7 heteroatoms. The summed E-state index contributed by atoms with van der Waals surface area (Å²) in [5.74, 6) is -0.596. The molecule has 2 heterocycles. The molecule has 0 aliphatic heterocycles. The highest BCUT2D eigenvalue weighted by atomic mass is 16.2. The van der Waals surface area contributed by atoms with E-state index in [2.05, 4.69) is 20.8 Å². The van der Waals surface area contributed by atoms with Crippen molar-refractivity contribution in [1.82, 2.24) is 25.4 Å². The molecule has 0 saturated carbocycles. The molecule has 4 aromatic rings. The Morgan fingerprint density at radius 3 is 2.78 bits per heavy atom. The molecule has 0 saturated heterocycles. The molecule has 3 N–H and O–H groups in total. The zero-order valence-corrected chi connectivity index (χ0v) is 14.8. The number of carbonyl (C=O) groups is 2. The lowest BCUT2D eigenvalue weighted by Gasteiger charge is -2.15. The average molecular weight is 361 g/mol. The maximum Gasteiger partial charge on any atom is 0.261 e. The van der Waals surface area contributed by atoms with E-state index in [1.165, 1.54) is 0 Å². The molecule has 7 nitrogen and oxygen atoms in total. The first-order chi connectivity index (χ1) is 13.1. The smallest absolute Gasteiger partial charge is 0.261 e. The van der Waals surface area contributed by atoms with E-state index >= 15 is 0 Å². The van der Waals surface area contributed by atoms with Crippen LogP contribution in [0.5, 0.6) is 0 Å². The van der Waals surface area contributed by atoms with Gasteiger partial charge in [0.1, 0.15) is 6.04 Å². The fraction of sp³-hybridized carbons (Fsp3) is 0.150. The highest BCUT2D eigenvalue weighted by Crippen LogP contribution is 2.18. The lowest BCUT2D eigenvalue weighted by Crippen LogP contribution is -2.45. The van der Waals surface area contributed by atoms with Gasteiger partial charge in [-0.15, -0.1) is 0 Å². The number of aromatic nitrogens is 3. The standard InChI is InChI=1S/C20H19N5O2/c1-13(25-12-22-17-8-4-5-9-18(17)25)20(27)24-23-19(26)10-14-11-21-16-7-3-2-6-15(14)16/h2-9,11-13,21H,10H2,1H3,(H,23,26)(H,24,27). The van der Waals surface area contributed by atoms with Crippen LogP contribution in [0.25, 0.3) is 21.9 Å². The van der Waals surface area contributed by atoms with Crippen molar-refractivity contribution in [2.45, 2.75) is 19.4 Å². The topological polar surface area (TPSA) is 91.8 Å². The summed E-state index contributed by atoms with van der Waals surface area (Å²) in [7, 11) is 0. The van der Waals surface area contributed by atoms with E-state index < -0.39 is 6.04 Å². The summed E-state index contributed by atoms with van der Waals surface area (Å²) >= 11 is 0. The number of amides is 2. The Hall–Kier alpha value is -3.61. The van der Waals surface area contributed by atoms with Crippen molar-refractivity contribution >= 4 is 33.8 Å². The predicted octanol–water partition coefficient (Wildman–Crippen LogP) is 2.47. The number of hydrogen-bond donors (Lipinski definition) is 3. The van der Waals surface area contributed by atoms with Gasteiger partial charge in [-0.25, -0.2) is 4.98 Å². The van der Waals surface area contributed by atoms with E-state index in [9.17, 15) is 9.59 Å². The van der Waals surface area contributed by atoms with Crippen LogP contribution >= 0.6 is 0 Å². The maximum absolute atomic E-state index is 12.4. The highest BCUT2D eigenvalue weighted by molar-refractivity contribution is 5.90. The Morgan fingerprint density at radius 1 is 1.11 bits per heavy atom. The number of imidazole rings is 1. The largest absolute Gasteiger partial charge is 0.361 e. The Bertz CT molecular complexity index is 1130. The minimum atomic E-state index is -0.509. The highest BCUT2D eigenvalue weighted by Gasteiger charge is 2.18. The second-order valence-electron chi connectivity index (χ2n) is 6.39. The van der Waals surface area contributed by atoms with E-state index in [0.29, 0.717) is 0 Å². The summed E-state index contributed by atoms with van der Waals surface area (Å²) in [6, 6.07) is 14.9. The van der Waals surface area contributed by atoms with Crippen molar-refractivity contribution < 1.29 is 9.59 Å². The molecule has 0 bridgehead atoms. The van der Waals surface area contributed by atoms with Gasteiger partial charge in [-0.3, -0.25) is 20.4 Å². The number of aromatic amines is 1. The van der Waals surface area contributed by atoms with Crippen molar-refractivity contribution in [2.75, 3.05) is 0 Å². The van der Waals surface area contributed by atoms with E-state index in [1.807, 2.05) is 54.7 Å². The number of nitrogens with zero attached hydrogens (tertiary/aromatic N) is 2. The van der Waals surface area contributed by atoms with Gasteiger partial charge in [-0.2, -0.15) is 0 Å². The summed E-state index contributed by atoms with van der Waals surface area (Å²) in [6.45, 7) is 1.76. The van der Waals surface area contributed by atoms with Crippen molar-refractivity contribution in [3.63, 3.8) is 0 Å². The Labute approximate surface area is 155 Å². The van der Waals surface area contributed by atoms with Crippen LogP contribution in [-0.4, -0.2) is 26.3 Å². The molecule has 0 radical (unpaired) electrons. The minimum Gasteiger partial charge on any atom is -0.361 e. The molecule has 2 aromatic carbocycles. The van der Waals surface area contributed by atoms with Crippen LogP contribution in [0, 0.1) is 0 Å². The number of H-pyrrole nitrogens is 1. The monoisotopic (exact) mass is 361 g/mol. The number of hydrazine groups is 1. The molecule has 1 unspecified atom stereocenters. The molecule has 27 heavy (non-hydrogen) atoms. The molecule has 2 amide bonds. The quantitative estimate of drug-likeness (QED) is 0.488. The minimum absolute atomic E-state index is 0.173. The first-order valence-corrected chi connectivity index (χ1v) is 8.69. The number of hydrogen-bond acceptors (Lipinski definition) is 3. The van der Waals surface area contributed by atoms with Crippen LogP contribution in [0.1, 0.15) is 18.5 Å². The zero-order chi connectivity index (χ0) is 18.8. The molecular weight excluding hydrogens is 342 g/mol. The van der Waals surface area contributed by atoms with Crippen molar-refractivity contribution in [2.24, 2.45) is 0 Å². The number of para-hydroxylation sites is 3. The number of benzene rings is 2. The molecule has 0 spiro atoms. The summed E-state index contributed by atoms with van der Waals surface area (Å²) < 4.78 is 1.77. The van der Waals surface area contributed by atoms with Crippen LogP contribution in [0.3, 0.4) is 0 Å². The second-order valence-corrected chi connectivity index (χ2v) is 6.39. The lowest BCUT2D eigenvalue weighted by molar-refractivity contribution is -0.130. The van der Waals surface area contributed by atoms with Gasteiger partial charge in [0.25, 0.3) is 5.91 Å². The SMILES string of the molecule is CC(C(=O)NNC(=O)Cc1c[nH]c2ccccc12)n1cnc2ccccc21. The van der Waals surface area contributed by atoms with Gasteiger partial charge in [0.05, 0.1) is 23.8 Å². The Kier molecular flexibility index (Phi) is 4.33. The first kappa shape index (κ1) is 16.8. The van der Waals surface area contributed by atoms with E-state index in [-0.39, 0.29) is 18.2 Å².